The van der Waals surface area contributed by atoms with Crippen LogP contribution in [0.1, 0.15) is 19.8 Å². The number of allylic oxidation sites excluding steroid dienone is 1. The molecule has 0 aromatic heterocycles. The van der Waals surface area contributed by atoms with Crippen molar-refractivity contribution in [3.8, 4) is 0 Å². The molecule has 0 radical (unpaired) electrons. The standard InChI is InChI=1S/C8H11Cl3O2/c1-2-3-4-5-6-13-7(12)8(9,10)11/h3-4H,2,5-6H2,1H3. The van der Waals surface area contributed by atoms with Gasteiger partial charge in [-0.1, -0.05) is 53.9 Å². The van der Waals surface area contributed by atoms with Gasteiger partial charge >= 0.3 is 5.97 Å². The van der Waals surface area contributed by atoms with Gasteiger partial charge in [-0.15, -0.1) is 0 Å². The fourth-order valence-corrected chi connectivity index (χ4v) is 0.750. The second-order valence-corrected chi connectivity index (χ2v) is 4.58. The Labute approximate surface area is 92.8 Å². The van der Waals surface area contributed by atoms with Crippen molar-refractivity contribution in [3.63, 3.8) is 0 Å². The zero-order chi connectivity index (χ0) is 10.3. The summed E-state index contributed by atoms with van der Waals surface area (Å²) in [4.78, 5) is 10.9. The smallest absolute Gasteiger partial charge is 0.358 e. The Bertz CT molecular complexity index is 184. The van der Waals surface area contributed by atoms with E-state index in [0.717, 1.165) is 6.42 Å². The largest absolute Gasteiger partial charge is 0.462 e. The van der Waals surface area contributed by atoms with Gasteiger partial charge in [0.25, 0.3) is 3.79 Å². The normalized spacial score (nSPS) is 12.0. The first-order valence-electron chi connectivity index (χ1n) is 3.87. The molecule has 0 fully saturated rings. The molecule has 0 heterocycles. The molecular weight excluding hydrogens is 234 g/mol. The Hall–Kier alpha value is 0.0800. The van der Waals surface area contributed by atoms with Crippen molar-refractivity contribution in [2.45, 2.75) is 23.6 Å². The second-order valence-electron chi connectivity index (χ2n) is 2.30. The third-order valence-electron chi connectivity index (χ3n) is 1.15. The second kappa shape index (κ2) is 6.52. The lowest BCUT2D eigenvalue weighted by molar-refractivity contribution is -0.142. The fraction of sp³-hybridized carbons (Fsp3) is 0.625. The van der Waals surface area contributed by atoms with Crippen molar-refractivity contribution < 1.29 is 9.53 Å². The van der Waals surface area contributed by atoms with Crippen LogP contribution in [-0.4, -0.2) is 16.4 Å². The summed E-state index contributed by atoms with van der Waals surface area (Å²) in [5.41, 5.74) is 0. The van der Waals surface area contributed by atoms with E-state index < -0.39 is 9.76 Å². The Morgan fingerprint density at radius 3 is 2.46 bits per heavy atom. The molecule has 0 spiro atoms. The van der Waals surface area contributed by atoms with Crippen molar-refractivity contribution in [2.24, 2.45) is 0 Å². The molecule has 0 aliphatic rings. The zero-order valence-corrected chi connectivity index (χ0v) is 9.49. The Morgan fingerprint density at radius 2 is 2.00 bits per heavy atom. The van der Waals surface area contributed by atoms with Crippen LogP contribution in [0.4, 0.5) is 0 Å². The number of alkyl halides is 3. The molecule has 2 nitrogen and oxygen atoms in total. The van der Waals surface area contributed by atoms with E-state index >= 15 is 0 Å². The third-order valence-corrected chi connectivity index (χ3v) is 1.61. The first-order chi connectivity index (χ1) is 5.98. The van der Waals surface area contributed by atoms with Crippen LogP contribution in [0.25, 0.3) is 0 Å². The molecule has 5 heteroatoms. The van der Waals surface area contributed by atoms with Crippen LogP contribution >= 0.6 is 34.8 Å². The van der Waals surface area contributed by atoms with Crippen LogP contribution in [0, 0.1) is 0 Å². The molecule has 0 aliphatic heterocycles. The van der Waals surface area contributed by atoms with Crippen LogP contribution in [0.3, 0.4) is 0 Å². The number of carbonyl (C=O) groups is 1. The molecule has 0 aromatic rings. The van der Waals surface area contributed by atoms with Crippen molar-refractivity contribution in [2.75, 3.05) is 6.61 Å². The summed E-state index contributed by atoms with van der Waals surface area (Å²) in [5, 5.41) is 0. The molecule has 0 bridgehead atoms. The summed E-state index contributed by atoms with van der Waals surface area (Å²) in [5.74, 6) is -0.831. The number of ether oxygens (including phenoxy) is 1. The van der Waals surface area contributed by atoms with E-state index in [1.54, 1.807) is 0 Å². The molecular formula is C8H11Cl3O2. The topological polar surface area (TPSA) is 26.3 Å². The van der Waals surface area contributed by atoms with E-state index in [1.807, 2.05) is 19.1 Å². The minimum absolute atomic E-state index is 0.239. The number of carbonyl (C=O) groups excluding carboxylic acids is 1. The predicted molar refractivity (Wildman–Crippen MR) is 55.3 cm³/mol. The molecule has 0 aromatic carbocycles. The van der Waals surface area contributed by atoms with E-state index in [0.29, 0.717) is 6.42 Å². The van der Waals surface area contributed by atoms with Gasteiger partial charge in [-0.3, -0.25) is 0 Å². The van der Waals surface area contributed by atoms with E-state index in [9.17, 15) is 4.79 Å². The zero-order valence-electron chi connectivity index (χ0n) is 7.23. The molecule has 0 atom stereocenters. The van der Waals surface area contributed by atoms with E-state index in [1.165, 1.54) is 0 Å². The van der Waals surface area contributed by atoms with E-state index in [2.05, 4.69) is 4.74 Å². The van der Waals surface area contributed by atoms with Crippen molar-refractivity contribution >= 4 is 40.8 Å². The minimum atomic E-state index is -1.96. The number of hydrogen-bond donors (Lipinski definition) is 0. The molecule has 0 saturated carbocycles. The van der Waals surface area contributed by atoms with Crippen LogP contribution in [0.5, 0.6) is 0 Å². The molecule has 0 amide bonds. The highest BCUT2D eigenvalue weighted by molar-refractivity contribution is 6.75. The first-order valence-corrected chi connectivity index (χ1v) is 5.00. The molecule has 0 saturated heterocycles. The summed E-state index contributed by atoms with van der Waals surface area (Å²) in [6, 6.07) is 0. The van der Waals surface area contributed by atoms with Crippen molar-refractivity contribution in [1.29, 1.82) is 0 Å². The molecule has 0 rings (SSSR count). The quantitative estimate of drug-likeness (QED) is 0.329. The van der Waals surface area contributed by atoms with Crippen molar-refractivity contribution in [1.82, 2.24) is 0 Å². The third kappa shape index (κ3) is 7.17. The Kier molecular flexibility index (Phi) is 6.56. The highest BCUT2D eigenvalue weighted by atomic mass is 35.6. The molecule has 76 valence electrons. The van der Waals surface area contributed by atoms with Gasteiger partial charge in [-0.25, -0.2) is 4.79 Å². The summed E-state index contributed by atoms with van der Waals surface area (Å²) in [7, 11) is 0. The van der Waals surface area contributed by atoms with Crippen LogP contribution in [0.15, 0.2) is 12.2 Å². The molecule has 0 N–H and O–H groups in total. The van der Waals surface area contributed by atoms with Crippen LogP contribution < -0.4 is 0 Å². The van der Waals surface area contributed by atoms with Crippen LogP contribution in [0.2, 0.25) is 0 Å². The van der Waals surface area contributed by atoms with Gasteiger partial charge in [0.15, 0.2) is 0 Å². The van der Waals surface area contributed by atoms with Crippen LogP contribution in [-0.2, 0) is 9.53 Å². The van der Waals surface area contributed by atoms with Gasteiger partial charge in [-0.05, 0) is 12.8 Å². The SMILES string of the molecule is CCC=CCCOC(=O)C(Cl)(Cl)Cl. The average Bonchev–Trinajstić information content (AvgIpc) is 2.02. The number of hydrogen-bond acceptors (Lipinski definition) is 2. The van der Waals surface area contributed by atoms with Gasteiger partial charge in [0, 0.05) is 0 Å². The number of halogens is 3. The maximum absolute atomic E-state index is 10.9. The Morgan fingerprint density at radius 1 is 1.38 bits per heavy atom. The lowest BCUT2D eigenvalue weighted by Gasteiger charge is -2.09. The Balaban J connectivity index is 3.55. The summed E-state index contributed by atoms with van der Waals surface area (Å²) < 4.78 is 2.70. The molecule has 0 unspecified atom stereocenters. The summed E-state index contributed by atoms with van der Waals surface area (Å²) in [6.45, 7) is 2.26. The minimum Gasteiger partial charge on any atom is -0.462 e. The number of rotatable bonds is 4. The lowest BCUT2D eigenvalue weighted by atomic mass is 10.3. The van der Waals surface area contributed by atoms with Gasteiger partial charge < -0.3 is 4.74 Å². The van der Waals surface area contributed by atoms with Gasteiger partial charge in [0.1, 0.15) is 0 Å². The molecule has 13 heavy (non-hydrogen) atoms. The van der Waals surface area contributed by atoms with Gasteiger partial charge in [0.05, 0.1) is 6.61 Å². The average molecular weight is 246 g/mol. The molecule has 0 aliphatic carbocycles. The highest BCUT2D eigenvalue weighted by Crippen LogP contribution is 2.27. The monoisotopic (exact) mass is 244 g/mol. The maximum Gasteiger partial charge on any atom is 0.358 e. The van der Waals surface area contributed by atoms with Gasteiger partial charge in [0.2, 0.25) is 0 Å². The maximum atomic E-state index is 10.9. The highest BCUT2D eigenvalue weighted by Gasteiger charge is 2.32. The van der Waals surface area contributed by atoms with Crippen molar-refractivity contribution in [3.05, 3.63) is 12.2 Å². The lowest BCUT2D eigenvalue weighted by Crippen LogP contribution is -2.22. The van der Waals surface area contributed by atoms with E-state index in [4.69, 9.17) is 34.8 Å². The first kappa shape index (κ1) is 13.1. The number of esters is 1. The summed E-state index contributed by atoms with van der Waals surface area (Å²) >= 11 is 15.8. The van der Waals surface area contributed by atoms with Gasteiger partial charge in [-0.2, -0.15) is 0 Å². The van der Waals surface area contributed by atoms with E-state index in [-0.39, 0.29) is 6.61 Å². The summed E-state index contributed by atoms with van der Waals surface area (Å²) in [6.07, 6.45) is 5.48. The predicted octanol–water partition coefficient (Wildman–Crippen LogP) is 3.26. The fourth-order valence-electron chi connectivity index (χ4n) is 0.586.